The van der Waals surface area contributed by atoms with Gasteiger partial charge in [-0.3, -0.25) is 9.59 Å². The highest BCUT2D eigenvalue weighted by Crippen LogP contribution is 2.23. The van der Waals surface area contributed by atoms with Gasteiger partial charge in [-0.25, -0.2) is 4.98 Å². The summed E-state index contributed by atoms with van der Waals surface area (Å²) in [4.78, 5) is 27.0. The SMILES string of the molecule is COc1ccc(C(=O)NC2(CC(=O)O)CCOC2)cn1. The number of methoxy groups -OCH3 is 1. The highest BCUT2D eigenvalue weighted by molar-refractivity contribution is 5.94. The average molecular weight is 280 g/mol. The Morgan fingerprint density at radius 2 is 2.35 bits per heavy atom. The molecule has 1 atom stereocenters. The summed E-state index contributed by atoms with van der Waals surface area (Å²) in [6.07, 6.45) is 1.70. The molecule has 2 heterocycles. The summed E-state index contributed by atoms with van der Waals surface area (Å²) < 4.78 is 10.1. The second-order valence-corrected chi connectivity index (χ2v) is 4.70. The van der Waals surface area contributed by atoms with E-state index in [0.717, 1.165) is 0 Å². The first-order chi connectivity index (χ1) is 9.54. The van der Waals surface area contributed by atoms with Crippen molar-refractivity contribution in [2.45, 2.75) is 18.4 Å². The maximum absolute atomic E-state index is 12.1. The van der Waals surface area contributed by atoms with Crippen molar-refractivity contribution >= 4 is 11.9 Å². The zero-order chi connectivity index (χ0) is 14.6. The van der Waals surface area contributed by atoms with E-state index in [-0.39, 0.29) is 18.9 Å². The van der Waals surface area contributed by atoms with Crippen LogP contribution in [0.4, 0.5) is 0 Å². The summed E-state index contributed by atoms with van der Waals surface area (Å²) in [7, 11) is 1.49. The monoisotopic (exact) mass is 280 g/mol. The molecule has 1 unspecified atom stereocenters. The van der Waals surface area contributed by atoms with Gasteiger partial charge in [0.05, 0.1) is 31.2 Å². The molecule has 0 aromatic carbocycles. The molecule has 1 aliphatic rings. The Kier molecular flexibility index (Phi) is 4.19. The number of carbonyl (C=O) groups excluding carboxylic acids is 1. The fourth-order valence-electron chi connectivity index (χ4n) is 2.13. The largest absolute Gasteiger partial charge is 0.481 e. The van der Waals surface area contributed by atoms with Crippen LogP contribution in [0, 0.1) is 0 Å². The quantitative estimate of drug-likeness (QED) is 0.813. The molecule has 1 fully saturated rings. The molecule has 1 amide bonds. The van der Waals surface area contributed by atoms with Gasteiger partial charge < -0.3 is 19.9 Å². The van der Waals surface area contributed by atoms with Gasteiger partial charge in [0.1, 0.15) is 0 Å². The molecular weight excluding hydrogens is 264 g/mol. The third-order valence-electron chi connectivity index (χ3n) is 3.18. The van der Waals surface area contributed by atoms with Crippen molar-refractivity contribution in [2.24, 2.45) is 0 Å². The minimum Gasteiger partial charge on any atom is -0.481 e. The summed E-state index contributed by atoms with van der Waals surface area (Å²) in [5, 5.41) is 11.7. The molecule has 0 saturated carbocycles. The maximum Gasteiger partial charge on any atom is 0.305 e. The van der Waals surface area contributed by atoms with Crippen molar-refractivity contribution in [1.29, 1.82) is 0 Å². The van der Waals surface area contributed by atoms with E-state index in [1.54, 1.807) is 12.1 Å². The summed E-state index contributed by atoms with van der Waals surface area (Å²) in [5.41, 5.74) is -0.495. The normalized spacial score (nSPS) is 21.4. The Bertz CT molecular complexity index is 494. The maximum atomic E-state index is 12.1. The molecule has 1 aromatic heterocycles. The standard InChI is InChI=1S/C13H16N2O5/c1-19-10-3-2-9(7-14-10)12(18)15-13(6-11(16)17)4-5-20-8-13/h2-3,7H,4-6,8H2,1H3,(H,15,18)(H,16,17). The number of pyridine rings is 1. The van der Waals surface area contributed by atoms with Crippen LogP contribution in [0.15, 0.2) is 18.3 Å². The van der Waals surface area contributed by atoms with Crippen molar-refractivity contribution < 1.29 is 24.2 Å². The van der Waals surface area contributed by atoms with Gasteiger partial charge in [0, 0.05) is 18.9 Å². The van der Waals surface area contributed by atoms with Crippen molar-refractivity contribution in [3.8, 4) is 5.88 Å². The minimum atomic E-state index is -0.969. The number of rotatable bonds is 5. The van der Waals surface area contributed by atoms with E-state index in [9.17, 15) is 9.59 Å². The first kappa shape index (κ1) is 14.3. The highest BCUT2D eigenvalue weighted by atomic mass is 16.5. The molecule has 7 heteroatoms. The number of carbonyl (C=O) groups is 2. The average Bonchev–Trinajstić information content (AvgIpc) is 2.86. The Labute approximate surface area is 115 Å². The first-order valence-corrected chi connectivity index (χ1v) is 6.17. The number of amides is 1. The number of nitrogens with zero attached hydrogens (tertiary/aromatic N) is 1. The highest BCUT2D eigenvalue weighted by Gasteiger charge is 2.38. The lowest BCUT2D eigenvalue weighted by Gasteiger charge is -2.26. The molecule has 1 saturated heterocycles. The van der Waals surface area contributed by atoms with Crippen LogP contribution in [0.25, 0.3) is 0 Å². The number of carboxylic acid groups (broad SMARTS) is 1. The van der Waals surface area contributed by atoms with Crippen LogP contribution in [0.3, 0.4) is 0 Å². The molecule has 1 aliphatic heterocycles. The van der Waals surface area contributed by atoms with Crippen LogP contribution < -0.4 is 10.1 Å². The van der Waals surface area contributed by atoms with Gasteiger partial charge >= 0.3 is 5.97 Å². The first-order valence-electron chi connectivity index (χ1n) is 6.17. The molecule has 1 aromatic rings. The topological polar surface area (TPSA) is 97.8 Å². The van der Waals surface area contributed by atoms with E-state index < -0.39 is 11.5 Å². The van der Waals surface area contributed by atoms with Crippen LogP contribution >= 0.6 is 0 Å². The molecule has 7 nitrogen and oxygen atoms in total. The van der Waals surface area contributed by atoms with Crippen molar-refractivity contribution in [3.63, 3.8) is 0 Å². The zero-order valence-corrected chi connectivity index (χ0v) is 11.1. The predicted octanol–water partition coefficient (Wildman–Crippen LogP) is 0.454. The number of aliphatic carboxylic acids is 1. The zero-order valence-electron chi connectivity index (χ0n) is 11.1. The van der Waals surface area contributed by atoms with E-state index in [1.807, 2.05) is 0 Å². The fourth-order valence-corrected chi connectivity index (χ4v) is 2.13. The van der Waals surface area contributed by atoms with E-state index >= 15 is 0 Å². The minimum absolute atomic E-state index is 0.164. The summed E-state index contributed by atoms with van der Waals surface area (Å²) >= 11 is 0. The van der Waals surface area contributed by atoms with Crippen molar-refractivity contribution in [1.82, 2.24) is 10.3 Å². The van der Waals surface area contributed by atoms with E-state index in [1.165, 1.54) is 13.3 Å². The van der Waals surface area contributed by atoms with E-state index in [0.29, 0.717) is 24.5 Å². The lowest BCUT2D eigenvalue weighted by Crippen LogP contribution is -2.50. The third kappa shape index (κ3) is 3.24. The number of nitrogens with one attached hydrogen (secondary N) is 1. The number of aromatic nitrogens is 1. The summed E-state index contributed by atoms with van der Waals surface area (Å²) in [6.45, 7) is 0.642. The summed E-state index contributed by atoms with van der Waals surface area (Å²) in [5.74, 6) is -0.929. The molecule has 0 aliphatic carbocycles. The van der Waals surface area contributed by atoms with Gasteiger partial charge in [0.2, 0.25) is 5.88 Å². The second kappa shape index (κ2) is 5.87. The number of ether oxygens (including phenoxy) is 2. The van der Waals surface area contributed by atoms with Gasteiger partial charge in [0.15, 0.2) is 0 Å². The Morgan fingerprint density at radius 3 is 2.85 bits per heavy atom. The number of carboxylic acids is 1. The molecule has 2 rings (SSSR count). The Balaban J connectivity index is 2.09. The van der Waals surface area contributed by atoms with Gasteiger partial charge in [-0.05, 0) is 12.5 Å². The van der Waals surface area contributed by atoms with Crippen LogP contribution in [-0.4, -0.2) is 47.8 Å². The van der Waals surface area contributed by atoms with Crippen LogP contribution in [0.2, 0.25) is 0 Å². The smallest absolute Gasteiger partial charge is 0.305 e. The summed E-state index contributed by atoms with van der Waals surface area (Å²) in [6, 6.07) is 3.15. The van der Waals surface area contributed by atoms with Crippen LogP contribution in [0.1, 0.15) is 23.2 Å². The predicted molar refractivity (Wildman–Crippen MR) is 68.7 cm³/mol. The van der Waals surface area contributed by atoms with Gasteiger partial charge in [-0.1, -0.05) is 0 Å². The molecule has 2 N–H and O–H groups in total. The second-order valence-electron chi connectivity index (χ2n) is 4.70. The van der Waals surface area contributed by atoms with E-state index in [4.69, 9.17) is 14.6 Å². The Hall–Kier alpha value is -2.15. The van der Waals surface area contributed by atoms with Gasteiger partial charge in [0.25, 0.3) is 5.91 Å². The van der Waals surface area contributed by atoms with Crippen molar-refractivity contribution in [3.05, 3.63) is 23.9 Å². The third-order valence-corrected chi connectivity index (χ3v) is 3.18. The molecule has 0 bridgehead atoms. The van der Waals surface area contributed by atoms with Crippen LogP contribution in [-0.2, 0) is 9.53 Å². The molecular formula is C13H16N2O5. The molecule has 0 spiro atoms. The lowest BCUT2D eigenvalue weighted by molar-refractivity contribution is -0.138. The molecule has 108 valence electrons. The fraction of sp³-hybridized carbons (Fsp3) is 0.462. The molecule has 20 heavy (non-hydrogen) atoms. The van der Waals surface area contributed by atoms with Crippen molar-refractivity contribution in [2.75, 3.05) is 20.3 Å². The van der Waals surface area contributed by atoms with E-state index in [2.05, 4.69) is 10.3 Å². The number of hydrogen-bond donors (Lipinski definition) is 2. The van der Waals surface area contributed by atoms with Gasteiger partial charge in [-0.2, -0.15) is 0 Å². The lowest BCUT2D eigenvalue weighted by atomic mass is 9.94. The van der Waals surface area contributed by atoms with Gasteiger partial charge in [-0.15, -0.1) is 0 Å². The number of hydrogen-bond acceptors (Lipinski definition) is 5. The molecule has 0 radical (unpaired) electrons. The van der Waals surface area contributed by atoms with Crippen LogP contribution in [0.5, 0.6) is 5.88 Å². The Morgan fingerprint density at radius 1 is 1.55 bits per heavy atom.